The van der Waals surface area contributed by atoms with Gasteiger partial charge in [-0.25, -0.2) is 0 Å². The number of anilines is 1. The Hall–Kier alpha value is -1.31. The summed E-state index contributed by atoms with van der Waals surface area (Å²) in [5.74, 6) is 0.929. The second-order valence-electron chi connectivity index (χ2n) is 2.80. The molecule has 0 aliphatic heterocycles. The third-order valence-corrected chi connectivity index (χ3v) is 1.71. The molecule has 1 N–H and O–H groups in total. The summed E-state index contributed by atoms with van der Waals surface area (Å²) in [6.45, 7) is 4.02. The number of nitrogens with zero attached hydrogens (tertiary/aromatic N) is 1. The number of hydrogen-bond acceptors (Lipinski definition) is 1. The molecule has 0 aromatic heterocycles. The third kappa shape index (κ3) is 2.38. The van der Waals surface area contributed by atoms with E-state index in [0.717, 1.165) is 11.5 Å². The van der Waals surface area contributed by atoms with Crippen molar-refractivity contribution >= 4 is 11.5 Å². The van der Waals surface area contributed by atoms with Gasteiger partial charge in [0, 0.05) is 12.7 Å². The molecule has 0 unspecified atom stereocenters. The first-order valence-corrected chi connectivity index (χ1v) is 3.99. The summed E-state index contributed by atoms with van der Waals surface area (Å²) in [5, 5.41) is 3.17. The highest BCUT2D eigenvalue weighted by molar-refractivity contribution is 5.93. The zero-order chi connectivity index (χ0) is 8.97. The molecule has 0 aliphatic carbocycles. The van der Waals surface area contributed by atoms with Crippen LogP contribution in [-0.4, -0.2) is 12.9 Å². The van der Waals surface area contributed by atoms with Gasteiger partial charge >= 0.3 is 0 Å². The Kier molecular flexibility index (Phi) is 2.86. The molecule has 0 bridgehead atoms. The SMILES string of the molecule is CN=C(C)Nc1ccc(C)cc1. The fourth-order valence-electron chi connectivity index (χ4n) is 0.902. The van der Waals surface area contributed by atoms with E-state index in [0.29, 0.717) is 0 Å². The lowest BCUT2D eigenvalue weighted by Gasteiger charge is -2.04. The van der Waals surface area contributed by atoms with E-state index in [1.807, 2.05) is 19.1 Å². The largest absolute Gasteiger partial charge is 0.344 e. The van der Waals surface area contributed by atoms with E-state index in [1.54, 1.807) is 7.05 Å². The Balaban J connectivity index is 2.71. The molecule has 12 heavy (non-hydrogen) atoms. The molecule has 0 spiro atoms. The van der Waals surface area contributed by atoms with Gasteiger partial charge in [0.15, 0.2) is 0 Å². The first-order valence-electron chi connectivity index (χ1n) is 3.99. The van der Waals surface area contributed by atoms with Crippen LogP contribution in [0.3, 0.4) is 0 Å². The van der Waals surface area contributed by atoms with Crippen molar-refractivity contribution in [1.29, 1.82) is 0 Å². The lowest BCUT2D eigenvalue weighted by atomic mass is 10.2. The molecule has 0 fully saturated rings. The van der Waals surface area contributed by atoms with Crippen LogP contribution in [0.15, 0.2) is 29.3 Å². The maximum absolute atomic E-state index is 4.01. The summed E-state index contributed by atoms with van der Waals surface area (Å²) in [7, 11) is 1.77. The number of benzene rings is 1. The molecule has 2 heteroatoms. The molecule has 0 heterocycles. The average Bonchev–Trinajstić information content (AvgIpc) is 2.09. The fourth-order valence-corrected chi connectivity index (χ4v) is 0.902. The van der Waals surface area contributed by atoms with Gasteiger partial charge in [0.05, 0.1) is 5.84 Å². The van der Waals surface area contributed by atoms with Crippen molar-refractivity contribution in [1.82, 2.24) is 0 Å². The van der Waals surface area contributed by atoms with Crippen LogP contribution < -0.4 is 5.32 Å². The van der Waals surface area contributed by atoms with E-state index in [1.165, 1.54) is 5.56 Å². The van der Waals surface area contributed by atoms with Crippen LogP contribution in [0, 0.1) is 6.92 Å². The predicted octanol–water partition coefficient (Wildman–Crippen LogP) is 2.46. The summed E-state index contributed by atoms with van der Waals surface area (Å²) >= 11 is 0. The van der Waals surface area contributed by atoms with Gasteiger partial charge in [0.1, 0.15) is 0 Å². The zero-order valence-corrected chi connectivity index (χ0v) is 7.76. The summed E-state index contributed by atoms with van der Waals surface area (Å²) in [6, 6.07) is 8.24. The minimum atomic E-state index is 0.929. The summed E-state index contributed by atoms with van der Waals surface area (Å²) in [6.07, 6.45) is 0. The van der Waals surface area contributed by atoms with Gasteiger partial charge in [0.25, 0.3) is 0 Å². The van der Waals surface area contributed by atoms with Crippen molar-refractivity contribution < 1.29 is 0 Å². The minimum Gasteiger partial charge on any atom is -0.344 e. The van der Waals surface area contributed by atoms with Gasteiger partial charge in [0.2, 0.25) is 0 Å². The van der Waals surface area contributed by atoms with Crippen LogP contribution in [0.25, 0.3) is 0 Å². The maximum Gasteiger partial charge on any atom is 0.0972 e. The van der Waals surface area contributed by atoms with Crippen LogP contribution in [0.1, 0.15) is 12.5 Å². The van der Waals surface area contributed by atoms with E-state index >= 15 is 0 Å². The minimum absolute atomic E-state index is 0.929. The Morgan fingerprint density at radius 2 is 1.83 bits per heavy atom. The average molecular weight is 162 g/mol. The Bertz CT molecular complexity index is 272. The van der Waals surface area contributed by atoms with Crippen molar-refractivity contribution in [3.63, 3.8) is 0 Å². The molecule has 0 saturated carbocycles. The van der Waals surface area contributed by atoms with E-state index in [9.17, 15) is 0 Å². The first-order chi connectivity index (χ1) is 5.72. The first kappa shape index (κ1) is 8.78. The Morgan fingerprint density at radius 1 is 1.25 bits per heavy atom. The number of nitrogens with one attached hydrogen (secondary N) is 1. The van der Waals surface area contributed by atoms with E-state index in [-0.39, 0.29) is 0 Å². The normalized spacial score (nSPS) is 11.4. The predicted molar refractivity (Wildman–Crippen MR) is 53.8 cm³/mol. The molecule has 0 atom stereocenters. The molecule has 2 nitrogen and oxygen atoms in total. The van der Waals surface area contributed by atoms with Gasteiger partial charge in [-0.1, -0.05) is 17.7 Å². The number of aryl methyl sites for hydroxylation is 1. The molecular formula is C10H14N2. The smallest absolute Gasteiger partial charge is 0.0972 e. The van der Waals surface area contributed by atoms with Crippen molar-refractivity contribution in [2.24, 2.45) is 4.99 Å². The van der Waals surface area contributed by atoms with Gasteiger partial charge < -0.3 is 5.32 Å². The summed E-state index contributed by atoms with van der Waals surface area (Å²) in [4.78, 5) is 4.01. The Labute approximate surface area is 73.3 Å². The molecular weight excluding hydrogens is 148 g/mol. The molecule has 1 aromatic rings. The fraction of sp³-hybridized carbons (Fsp3) is 0.300. The van der Waals surface area contributed by atoms with Crippen LogP contribution in [-0.2, 0) is 0 Å². The van der Waals surface area contributed by atoms with Crippen molar-refractivity contribution in [2.45, 2.75) is 13.8 Å². The summed E-state index contributed by atoms with van der Waals surface area (Å²) in [5.41, 5.74) is 2.36. The van der Waals surface area contributed by atoms with Crippen LogP contribution >= 0.6 is 0 Å². The van der Waals surface area contributed by atoms with Crippen molar-refractivity contribution in [2.75, 3.05) is 12.4 Å². The van der Waals surface area contributed by atoms with Crippen LogP contribution in [0.5, 0.6) is 0 Å². The third-order valence-electron chi connectivity index (χ3n) is 1.71. The van der Waals surface area contributed by atoms with Gasteiger partial charge in [-0.15, -0.1) is 0 Å². The molecule has 0 saturated heterocycles. The number of rotatable bonds is 1. The lowest BCUT2D eigenvalue weighted by molar-refractivity contribution is 1.39. The molecule has 1 aromatic carbocycles. The van der Waals surface area contributed by atoms with Crippen molar-refractivity contribution in [3.05, 3.63) is 29.8 Å². The molecule has 0 amide bonds. The monoisotopic (exact) mass is 162 g/mol. The van der Waals surface area contributed by atoms with E-state index in [4.69, 9.17) is 0 Å². The van der Waals surface area contributed by atoms with Crippen molar-refractivity contribution in [3.8, 4) is 0 Å². The number of aliphatic imine (C=N–C) groups is 1. The van der Waals surface area contributed by atoms with E-state index in [2.05, 4.69) is 29.4 Å². The highest BCUT2D eigenvalue weighted by Crippen LogP contribution is 2.08. The quantitative estimate of drug-likeness (QED) is 0.498. The highest BCUT2D eigenvalue weighted by atomic mass is 15.0. The maximum atomic E-state index is 4.01. The Morgan fingerprint density at radius 3 is 2.33 bits per heavy atom. The van der Waals surface area contributed by atoms with Gasteiger partial charge in [-0.2, -0.15) is 0 Å². The molecule has 0 aliphatic rings. The second kappa shape index (κ2) is 3.90. The molecule has 64 valence electrons. The summed E-state index contributed by atoms with van der Waals surface area (Å²) < 4.78 is 0. The lowest BCUT2D eigenvalue weighted by Crippen LogP contribution is -2.06. The second-order valence-corrected chi connectivity index (χ2v) is 2.80. The highest BCUT2D eigenvalue weighted by Gasteiger charge is 1.91. The van der Waals surface area contributed by atoms with E-state index < -0.39 is 0 Å². The number of hydrogen-bond donors (Lipinski definition) is 1. The zero-order valence-electron chi connectivity index (χ0n) is 7.76. The number of amidine groups is 1. The van der Waals surface area contributed by atoms with Crippen LogP contribution in [0.4, 0.5) is 5.69 Å². The van der Waals surface area contributed by atoms with Crippen LogP contribution in [0.2, 0.25) is 0 Å². The topological polar surface area (TPSA) is 24.4 Å². The molecule has 1 rings (SSSR count). The van der Waals surface area contributed by atoms with Gasteiger partial charge in [-0.3, -0.25) is 4.99 Å². The standard InChI is InChI=1S/C10H14N2/c1-8-4-6-10(7-5-8)12-9(2)11-3/h4-7H,1-3H3,(H,11,12). The molecule has 0 radical (unpaired) electrons. The van der Waals surface area contributed by atoms with Gasteiger partial charge in [-0.05, 0) is 26.0 Å².